The molecule has 0 heterocycles. The zero-order valence-corrected chi connectivity index (χ0v) is 17.1. The Labute approximate surface area is 174 Å². The van der Waals surface area contributed by atoms with Crippen LogP contribution in [0.15, 0.2) is 47.6 Å². The van der Waals surface area contributed by atoms with Gasteiger partial charge in [0.15, 0.2) is 0 Å². The fraction of sp³-hybridized carbons (Fsp3) is 0.273. The van der Waals surface area contributed by atoms with Crippen molar-refractivity contribution in [1.82, 2.24) is 10.7 Å². The maximum Gasteiger partial charge on any atom is 0.329 e. The molecule has 158 valence electrons. The molecule has 2 N–H and O–H groups in total. The van der Waals surface area contributed by atoms with E-state index in [4.69, 9.17) is 4.74 Å². The average Bonchev–Trinajstić information content (AvgIpc) is 2.73. The standard InChI is InChI=1S/C22H25N3O5/c1-4-30-19-10-9-17(22(28)29)11-18(19)13-24-25-21(27)20(26)23-12-15-5-7-16(8-6-15)14(2)3/h5-11,13-14H,4,12H2,1-3H3,(H,23,26)(H,25,27)(H,28,29)/p-1/b24-13-. The Bertz CT molecular complexity index is 936. The molecule has 2 rings (SSSR count). The van der Waals surface area contributed by atoms with Crippen LogP contribution in [0.2, 0.25) is 0 Å². The molecule has 8 nitrogen and oxygen atoms in total. The van der Waals surface area contributed by atoms with Gasteiger partial charge in [-0.25, -0.2) is 5.43 Å². The number of carbonyl (C=O) groups excluding carboxylic acids is 3. The minimum Gasteiger partial charge on any atom is -0.545 e. The molecular weight excluding hydrogens is 386 g/mol. The molecule has 0 fully saturated rings. The van der Waals surface area contributed by atoms with Crippen LogP contribution in [0.4, 0.5) is 0 Å². The van der Waals surface area contributed by atoms with Crippen molar-refractivity contribution in [1.29, 1.82) is 0 Å². The summed E-state index contributed by atoms with van der Waals surface area (Å²) in [6.07, 6.45) is 1.20. The van der Waals surface area contributed by atoms with Gasteiger partial charge in [0, 0.05) is 12.1 Å². The maximum absolute atomic E-state index is 11.9. The number of carboxylic acids is 1. The van der Waals surface area contributed by atoms with Gasteiger partial charge in [-0.05, 0) is 47.7 Å². The summed E-state index contributed by atoms with van der Waals surface area (Å²) >= 11 is 0. The number of carboxylic acid groups (broad SMARTS) is 1. The van der Waals surface area contributed by atoms with Crippen LogP contribution >= 0.6 is 0 Å². The first-order valence-corrected chi connectivity index (χ1v) is 9.50. The highest BCUT2D eigenvalue weighted by Crippen LogP contribution is 2.18. The Kier molecular flexibility index (Phi) is 8.10. The number of hydrogen-bond donors (Lipinski definition) is 2. The number of nitrogens with zero attached hydrogens (tertiary/aromatic N) is 1. The van der Waals surface area contributed by atoms with Crippen molar-refractivity contribution in [3.63, 3.8) is 0 Å². The topological polar surface area (TPSA) is 120 Å². The van der Waals surface area contributed by atoms with E-state index in [0.717, 1.165) is 5.56 Å². The lowest BCUT2D eigenvalue weighted by Crippen LogP contribution is -2.37. The highest BCUT2D eigenvalue weighted by molar-refractivity contribution is 6.35. The fourth-order valence-electron chi connectivity index (χ4n) is 2.56. The molecule has 0 saturated heterocycles. The van der Waals surface area contributed by atoms with Gasteiger partial charge in [0.25, 0.3) is 0 Å². The maximum atomic E-state index is 11.9. The Morgan fingerprint density at radius 2 is 1.80 bits per heavy atom. The third-order valence-electron chi connectivity index (χ3n) is 4.22. The molecule has 0 radical (unpaired) electrons. The third-order valence-corrected chi connectivity index (χ3v) is 4.22. The van der Waals surface area contributed by atoms with Crippen LogP contribution in [0.5, 0.6) is 5.75 Å². The van der Waals surface area contributed by atoms with Gasteiger partial charge in [-0.3, -0.25) is 9.59 Å². The molecule has 8 heteroatoms. The summed E-state index contributed by atoms with van der Waals surface area (Å²) in [6.45, 7) is 6.52. The number of hydrazone groups is 1. The second kappa shape index (κ2) is 10.8. The van der Waals surface area contributed by atoms with E-state index in [1.807, 2.05) is 24.3 Å². The number of benzene rings is 2. The first-order valence-electron chi connectivity index (χ1n) is 9.50. The average molecular weight is 410 g/mol. The van der Waals surface area contributed by atoms with Gasteiger partial charge in [-0.1, -0.05) is 38.1 Å². The molecule has 0 atom stereocenters. The number of hydrogen-bond acceptors (Lipinski definition) is 6. The number of nitrogens with one attached hydrogen (secondary N) is 2. The van der Waals surface area contributed by atoms with Crippen molar-refractivity contribution in [2.45, 2.75) is 33.2 Å². The SMILES string of the molecule is CCOc1ccc(C(=O)[O-])cc1/C=N\NC(=O)C(=O)NCc1ccc(C(C)C)cc1. The van der Waals surface area contributed by atoms with E-state index in [9.17, 15) is 19.5 Å². The molecule has 30 heavy (non-hydrogen) atoms. The van der Waals surface area contributed by atoms with E-state index in [1.54, 1.807) is 6.92 Å². The van der Waals surface area contributed by atoms with E-state index in [1.165, 1.54) is 30.0 Å². The Hall–Kier alpha value is -3.68. The lowest BCUT2D eigenvalue weighted by molar-refractivity contribution is -0.255. The lowest BCUT2D eigenvalue weighted by atomic mass is 10.0. The quantitative estimate of drug-likeness (QED) is 0.387. The second-order valence-electron chi connectivity index (χ2n) is 6.75. The van der Waals surface area contributed by atoms with E-state index in [2.05, 4.69) is 29.7 Å². The van der Waals surface area contributed by atoms with Crippen LogP contribution in [0.25, 0.3) is 0 Å². The fourth-order valence-corrected chi connectivity index (χ4v) is 2.56. The van der Waals surface area contributed by atoms with Crippen LogP contribution < -0.4 is 20.6 Å². The van der Waals surface area contributed by atoms with E-state index in [0.29, 0.717) is 23.8 Å². The summed E-state index contributed by atoms with van der Waals surface area (Å²) in [6, 6.07) is 11.9. The zero-order valence-electron chi connectivity index (χ0n) is 17.1. The molecule has 0 saturated carbocycles. The van der Waals surface area contributed by atoms with Crippen molar-refractivity contribution in [3.8, 4) is 5.75 Å². The van der Waals surface area contributed by atoms with Gasteiger partial charge in [-0.2, -0.15) is 5.10 Å². The first-order chi connectivity index (χ1) is 14.3. The van der Waals surface area contributed by atoms with Gasteiger partial charge in [0.2, 0.25) is 0 Å². The van der Waals surface area contributed by atoms with E-state index in [-0.39, 0.29) is 12.1 Å². The normalized spacial score (nSPS) is 10.8. The van der Waals surface area contributed by atoms with Crippen LogP contribution in [0.3, 0.4) is 0 Å². The molecule has 0 aliphatic carbocycles. The second-order valence-corrected chi connectivity index (χ2v) is 6.75. The zero-order chi connectivity index (χ0) is 22.1. The number of amides is 2. The molecular formula is C22H24N3O5-. The van der Waals surface area contributed by atoms with Crippen molar-refractivity contribution in [2.75, 3.05) is 6.61 Å². The molecule has 0 spiro atoms. The molecule has 0 bridgehead atoms. The van der Waals surface area contributed by atoms with Crippen molar-refractivity contribution >= 4 is 24.0 Å². The van der Waals surface area contributed by atoms with Gasteiger partial charge in [0.05, 0.1) is 18.8 Å². The number of aromatic carboxylic acids is 1. The van der Waals surface area contributed by atoms with E-state index < -0.39 is 17.8 Å². The highest BCUT2D eigenvalue weighted by atomic mass is 16.5. The van der Waals surface area contributed by atoms with Crippen molar-refractivity contribution < 1.29 is 24.2 Å². The predicted molar refractivity (Wildman–Crippen MR) is 110 cm³/mol. The Morgan fingerprint density at radius 1 is 1.10 bits per heavy atom. The lowest BCUT2D eigenvalue weighted by Gasteiger charge is -2.10. The molecule has 0 aliphatic rings. The highest BCUT2D eigenvalue weighted by Gasteiger charge is 2.12. The van der Waals surface area contributed by atoms with Gasteiger partial charge in [-0.15, -0.1) is 0 Å². The van der Waals surface area contributed by atoms with Crippen LogP contribution in [-0.2, 0) is 16.1 Å². The Morgan fingerprint density at radius 3 is 2.40 bits per heavy atom. The summed E-state index contributed by atoms with van der Waals surface area (Å²) in [7, 11) is 0. The molecule has 2 aromatic carbocycles. The predicted octanol–water partition coefficient (Wildman–Crippen LogP) is 1.34. The molecule has 0 aromatic heterocycles. The first kappa shape index (κ1) is 22.6. The van der Waals surface area contributed by atoms with Gasteiger partial charge >= 0.3 is 11.8 Å². The third kappa shape index (κ3) is 6.44. The molecule has 2 aromatic rings. The summed E-state index contributed by atoms with van der Waals surface area (Å²) in [5, 5.41) is 17.2. The van der Waals surface area contributed by atoms with Crippen LogP contribution in [-0.4, -0.2) is 30.6 Å². The van der Waals surface area contributed by atoms with Crippen LogP contribution in [0, 0.1) is 0 Å². The summed E-state index contributed by atoms with van der Waals surface area (Å²) < 4.78 is 5.39. The van der Waals surface area contributed by atoms with Crippen molar-refractivity contribution in [3.05, 3.63) is 64.7 Å². The summed E-state index contributed by atoms with van der Waals surface area (Å²) in [4.78, 5) is 34.9. The smallest absolute Gasteiger partial charge is 0.329 e. The summed E-state index contributed by atoms with van der Waals surface area (Å²) in [5.74, 6) is -2.34. The molecule has 0 unspecified atom stereocenters. The minimum absolute atomic E-state index is 0.0625. The Balaban J connectivity index is 1.94. The summed E-state index contributed by atoms with van der Waals surface area (Å²) in [5.41, 5.74) is 4.42. The number of rotatable bonds is 8. The minimum atomic E-state index is -1.35. The number of ether oxygens (including phenoxy) is 1. The molecule has 0 aliphatic heterocycles. The largest absolute Gasteiger partial charge is 0.545 e. The van der Waals surface area contributed by atoms with Gasteiger partial charge < -0.3 is 20.0 Å². The monoisotopic (exact) mass is 410 g/mol. The van der Waals surface area contributed by atoms with Crippen LogP contribution in [0.1, 0.15) is 53.7 Å². The number of carbonyl (C=O) groups is 3. The van der Waals surface area contributed by atoms with E-state index >= 15 is 0 Å². The molecule has 2 amide bonds. The van der Waals surface area contributed by atoms with Crippen molar-refractivity contribution in [2.24, 2.45) is 5.10 Å². The van der Waals surface area contributed by atoms with Gasteiger partial charge in [0.1, 0.15) is 5.75 Å².